The van der Waals surface area contributed by atoms with Crippen LogP contribution in [0.3, 0.4) is 0 Å². The molecule has 5 amide bonds. The largest absolute Gasteiger partial charge is 1.00 e. The number of amides is 5. The molecule has 200 valence electrons. The van der Waals surface area contributed by atoms with Crippen molar-refractivity contribution in [3.05, 3.63) is 46.0 Å². The molecule has 0 aliphatic carbocycles. The number of rotatable bonds is 19. The number of nitrogens with zero attached hydrogens (tertiary/aromatic N) is 2. The summed E-state index contributed by atoms with van der Waals surface area (Å²) < 4.78 is 5.29. The third kappa shape index (κ3) is 22.9. The predicted molar refractivity (Wildman–Crippen MR) is 136 cm³/mol. The van der Waals surface area contributed by atoms with Crippen molar-refractivity contribution in [1.82, 2.24) is 16.0 Å². The van der Waals surface area contributed by atoms with Crippen LogP contribution >= 0.6 is 0 Å². The van der Waals surface area contributed by atoms with Gasteiger partial charge < -0.3 is 40.9 Å². The summed E-state index contributed by atoms with van der Waals surface area (Å²) in [7, 11) is 1.55. The summed E-state index contributed by atoms with van der Waals surface area (Å²) in [5.74, 6) is -0.673. The topological polar surface area (TPSA) is 159 Å². The summed E-state index contributed by atoms with van der Waals surface area (Å²) in [5, 5.41) is 15.7. The van der Waals surface area contributed by atoms with Crippen LogP contribution in [0.1, 0.15) is 49.7 Å². The average Bonchev–Trinajstić information content (AvgIpc) is 2.87. The number of carbonyl (C=O) groups is 5. The minimum atomic E-state index is -0.376. The minimum Gasteiger partial charge on any atom is -0.648 e. The van der Waals surface area contributed by atoms with Gasteiger partial charge in [0.15, 0.2) is 6.03 Å². The molecule has 1 aromatic carbocycles. The van der Waals surface area contributed by atoms with Gasteiger partial charge in [-0.1, -0.05) is 49.2 Å². The van der Waals surface area contributed by atoms with E-state index in [2.05, 4.69) is 26.6 Å². The number of hydrogen-bond donors (Lipinski definition) is 3. The minimum absolute atomic E-state index is 0. The van der Waals surface area contributed by atoms with Gasteiger partial charge in [0.05, 0.1) is 18.9 Å². The van der Waals surface area contributed by atoms with Crippen LogP contribution in [0.15, 0.2) is 24.3 Å². The van der Waals surface area contributed by atoms with E-state index in [1.165, 1.54) is 0 Å². The van der Waals surface area contributed by atoms with E-state index in [0.717, 1.165) is 36.7 Å². The third-order valence-electron chi connectivity index (χ3n) is 4.98. The Morgan fingerprint density at radius 1 is 0.868 bits per heavy atom. The number of nitrogens with one attached hydrogen (secondary N) is 3. The molecule has 0 heterocycles. The molecular formula is C25H37N5O6Rb2. The SMILES string of the molecule is CNC(=O)CCNC(=O)Cc1ccc(C[N-]C(=O)COCCC[N-]C(=O)NCCCCCC=O)cc1.[Rb+].[Rb+]. The molecule has 3 N–H and O–H groups in total. The van der Waals surface area contributed by atoms with Gasteiger partial charge in [0, 0.05) is 33.0 Å². The van der Waals surface area contributed by atoms with Gasteiger partial charge in [0.1, 0.15) is 6.29 Å². The fraction of sp³-hybridized carbons (Fsp3) is 0.560. The van der Waals surface area contributed by atoms with Crippen molar-refractivity contribution < 1.29 is 145 Å². The van der Waals surface area contributed by atoms with Crippen LogP contribution in [0.25, 0.3) is 10.6 Å². The van der Waals surface area contributed by atoms with Crippen molar-refractivity contribution in [2.24, 2.45) is 0 Å². The summed E-state index contributed by atoms with van der Waals surface area (Å²) in [5.41, 5.74) is 1.65. The zero-order valence-corrected chi connectivity index (χ0v) is 32.8. The molecule has 1 aromatic rings. The van der Waals surface area contributed by atoms with Crippen LogP contribution in [0.5, 0.6) is 0 Å². The van der Waals surface area contributed by atoms with Crippen LogP contribution in [-0.4, -0.2) is 69.9 Å². The van der Waals surface area contributed by atoms with Crippen LogP contribution < -0.4 is 132 Å². The molecule has 0 aliphatic rings. The van der Waals surface area contributed by atoms with E-state index in [1.807, 2.05) is 12.1 Å². The molecule has 0 aromatic heterocycles. The second kappa shape index (κ2) is 27.3. The van der Waals surface area contributed by atoms with E-state index in [-0.39, 0.29) is 173 Å². The molecule has 0 fully saturated rings. The van der Waals surface area contributed by atoms with Gasteiger partial charge in [-0.15, -0.1) is 6.54 Å². The number of aldehydes is 1. The summed E-state index contributed by atoms with van der Waals surface area (Å²) >= 11 is 0. The fourth-order valence-corrected chi connectivity index (χ4v) is 2.96. The maximum absolute atomic E-state index is 11.9. The Labute approximate surface area is 323 Å². The standard InChI is InChI=1S/C25H39N5O6.2Rb/c1-26-22(32)11-14-27-23(33)17-20-7-9-21(10-8-20)18-30-24(34)19-36-16-6-13-29-25(35)28-12-4-2-3-5-15-31;;/h7-10,15H,2-6,11-14,16-19H2,1H3,(H5,26,27,28,29,30,32,33,34,35);;/q;2*+1/p-2. The van der Waals surface area contributed by atoms with Crippen molar-refractivity contribution >= 4 is 30.0 Å². The first-order valence-corrected chi connectivity index (χ1v) is 12.2. The molecule has 0 atom stereocenters. The molecule has 11 nitrogen and oxygen atoms in total. The Balaban J connectivity index is 0. The van der Waals surface area contributed by atoms with Crippen molar-refractivity contribution in [1.29, 1.82) is 0 Å². The molecular weight excluding hydrogens is 637 g/mol. The average molecular weight is 675 g/mol. The van der Waals surface area contributed by atoms with Crippen molar-refractivity contribution in [2.45, 2.75) is 51.5 Å². The van der Waals surface area contributed by atoms with E-state index in [1.54, 1.807) is 19.2 Å². The first kappa shape index (κ1) is 40.3. The quantitative estimate of drug-likeness (QED) is 0.101. The summed E-state index contributed by atoms with van der Waals surface area (Å²) in [6, 6.07) is 6.85. The zero-order valence-electron chi connectivity index (χ0n) is 22.9. The van der Waals surface area contributed by atoms with Gasteiger partial charge in [-0.2, -0.15) is 0 Å². The van der Waals surface area contributed by atoms with Gasteiger partial charge in [-0.25, -0.2) is 0 Å². The molecule has 0 spiro atoms. The Bertz CT molecular complexity index is 827. The van der Waals surface area contributed by atoms with Gasteiger partial charge >= 0.3 is 116 Å². The van der Waals surface area contributed by atoms with E-state index >= 15 is 0 Å². The van der Waals surface area contributed by atoms with E-state index in [4.69, 9.17) is 4.74 Å². The Kier molecular flexibility index (Phi) is 29.0. The smallest absolute Gasteiger partial charge is 0.648 e. The summed E-state index contributed by atoms with van der Waals surface area (Å²) in [6.07, 6.45) is 4.92. The van der Waals surface area contributed by atoms with Crippen LogP contribution in [-0.2, 0) is 36.9 Å². The molecule has 1 rings (SSSR count). The monoisotopic (exact) mass is 673 g/mol. The number of hydrogen-bond acceptors (Lipinski definition) is 6. The van der Waals surface area contributed by atoms with Crippen molar-refractivity contribution in [2.75, 3.05) is 39.9 Å². The van der Waals surface area contributed by atoms with E-state index in [9.17, 15) is 24.0 Å². The summed E-state index contributed by atoms with van der Waals surface area (Å²) in [6.45, 7) is 1.50. The van der Waals surface area contributed by atoms with Crippen molar-refractivity contribution in [3.63, 3.8) is 0 Å². The number of urea groups is 1. The normalized spacial score (nSPS) is 9.71. The maximum atomic E-state index is 11.9. The van der Waals surface area contributed by atoms with Crippen LogP contribution in [0.2, 0.25) is 0 Å². The second-order valence-corrected chi connectivity index (χ2v) is 8.01. The molecule has 0 bridgehead atoms. The van der Waals surface area contributed by atoms with Crippen LogP contribution in [0, 0.1) is 0 Å². The zero-order chi connectivity index (χ0) is 26.4. The van der Waals surface area contributed by atoms with Gasteiger partial charge in [0.2, 0.25) is 11.8 Å². The van der Waals surface area contributed by atoms with E-state index in [0.29, 0.717) is 32.5 Å². The number of unbranched alkanes of at least 4 members (excludes halogenated alkanes) is 3. The Morgan fingerprint density at radius 2 is 1.58 bits per heavy atom. The maximum Gasteiger partial charge on any atom is 1.00 e. The van der Waals surface area contributed by atoms with Gasteiger partial charge in [-0.05, 0) is 24.9 Å². The third-order valence-corrected chi connectivity index (χ3v) is 4.98. The van der Waals surface area contributed by atoms with Gasteiger partial charge in [-0.3, -0.25) is 14.4 Å². The van der Waals surface area contributed by atoms with Gasteiger partial charge in [0.25, 0.3) is 0 Å². The molecule has 0 unspecified atom stereocenters. The Hall–Kier alpha value is 0.140. The van der Waals surface area contributed by atoms with Crippen molar-refractivity contribution in [3.8, 4) is 0 Å². The first-order chi connectivity index (χ1) is 17.4. The molecule has 38 heavy (non-hydrogen) atoms. The fourth-order valence-electron chi connectivity index (χ4n) is 2.96. The number of benzene rings is 1. The molecule has 0 saturated carbocycles. The molecule has 0 aliphatic heterocycles. The first-order valence-electron chi connectivity index (χ1n) is 12.2. The molecule has 0 radical (unpaired) electrons. The molecule has 13 heteroatoms. The molecule has 0 saturated heterocycles. The Morgan fingerprint density at radius 3 is 2.26 bits per heavy atom. The second-order valence-electron chi connectivity index (χ2n) is 8.01. The van der Waals surface area contributed by atoms with E-state index < -0.39 is 0 Å². The van der Waals surface area contributed by atoms with Crippen LogP contribution in [0.4, 0.5) is 4.79 Å². The number of ether oxygens (including phenoxy) is 1. The summed E-state index contributed by atoms with van der Waals surface area (Å²) in [4.78, 5) is 56.7. The number of carbonyl (C=O) groups excluding carboxylic acids is 5. The predicted octanol–water partition coefficient (Wildman–Crippen LogP) is -3.86.